The van der Waals surface area contributed by atoms with Crippen LogP contribution in [-0.2, 0) is 4.74 Å². The number of alkyl halides is 3. The van der Waals surface area contributed by atoms with Gasteiger partial charge in [-0.25, -0.2) is 4.79 Å². The van der Waals surface area contributed by atoms with Gasteiger partial charge in [-0.05, 0) is 19.1 Å². The molecule has 0 bridgehead atoms. The van der Waals surface area contributed by atoms with Gasteiger partial charge in [-0.15, -0.1) is 0 Å². The lowest BCUT2D eigenvalue weighted by Gasteiger charge is -2.09. The molecular weight excluding hydrogens is 346 g/mol. The predicted molar refractivity (Wildman–Crippen MR) is 73.0 cm³/mol. The summed E-state index contributed by atoms with van der Waals surface area (Å²) in [5, 5.41) is 3.99. The predicted octanol–water partition coefficient (Wildman–Crippen LogP) is 4.68. The molecule has 22 heavy (non-hydrogen) atoms. The van der Waals surface area contributed by atoms with Crippen LogP contribution in [0, 0.1) is 6.92 Å². The molecule has 0 amide bonds. The summed E-state index contributed by atoms with van der Waals surface area (Å²) in [7, 11) is 0. The Hall–Kier alpha value is -1.73. The van der Waals surface area contributed by atoms with Crippen LogP contribution in [-0.4, -0.2) is 23.9 Å². The van der Waals surface area contributed by atoms with Gasteiger partial charge in [-0.3, -0.25) is 0 Å². The SMILES string of the molecule is Cc1onc(-c2c(Cl)cccc2Cl)c1C(=O)OCC(F)(F)F. The van der Waals surface area contributed by atoms with E-state index in [2.05, 4.69) is 9.89 Å². The van der Waals surface area contributed by atoms with E-state index in [4.69, 9.17) is 27.7 Å². The van der Waals surface area contributed by atoms with Crippen LogP contribution < -0.4 is 0 Å². The van der Waals surface area contributed by atoms with Crippen molar-refractivity contribution in [1.82, 2.24) is 5.16 Å². The number of aromatic nitrogens is 1. The van der Waals surface area contributed by atoms with Gasteiger partial charge < -0.3 is 9.26 Å². The van der Waals surface area contributed by atoms with E-state index < -0.39 is 18.8 Å². The Balaban J connectivity index is 2.43. The Morgan fingerprint density at radius 2 is 1.91 bits per heavy atom. The van der Waals surface area contributed by atoms with E-state index in [9.17, 15) is 18.0 Å². The number of aryl methyl sites for hydroxylation is 1. The van der Waals surface area contributed by atoms with Crippen LogP contribution in [0.4, 0.5) is 13.2 Å². The van der Waals surface area contributed by atoms with Gasteiger partial charge in [-0.2, -0.15) is 13.2 Å². The number of ether oxygens (including phenoxy) is 1. The van der Waals surface area contributed by atoms with Crippen molar-refractivity contribution in [3.63, 3.8) is 0 Å². The number of carbonyl (C=O) groups excluding carboxylic acids is 1. The summed E-state index contributed by atoms with van der Waals surface area (Å²) in [4.78, 5) is 11.9. The zero-order valence-corrected chi connectivity index (χ0v) is 12.5. The normalized spacial score (nSPS) is 11.5. The quantitative estimate of drug-likeness (QED) is 0.752. The zero-order valence-electron chi connectivity index (χ0n) is 11.0. The van der Waals surface area contributed by atoms with Gasteiger partial charge in [0, 0.05) is 5.56 Å². The van der Waals surface area contributed by atoms with E-state index in [1.807, 2.05) is 0 Å². The molecule has 118 valence electrons. The first kappa shape index (κ1) is 16.6. The Bertz CT molecular complexity index is 693. The fourth-order valence-electron chi connectivity index (χ4n) is 1.73. The average molecular weight is 354 g/mol. The molecule has 2 aromatic rings. The number of carbonyl (C=O) groups is 1. The molecule has 0 saturated carbocycles. The highest BCUT2D eigenvalue weighted by Crippen LogP contribution is 2.37. The Kier molecular flexibility index (Phi) is 4.67. The van der Waals surface area contributed by atoms with Crippen LogP contribution in [0.2, 0.25) is 10.0 Å². The second-order valence-electron chi connectivity index (χ2n) is 4.25. The van der Waals surface area contributed by atoms with Gasteiger partial charge in [0.25, 0.3) is 0 Å². The van der Waals surface area contributed by atoms with Crippen LogP contribution in [0.5, 0.6) is 0 Å². The highest BCUT2D eigenvalue weighted by molar-refractivity contribution is 6.39. The molecule has 1 heterocycles. The smallest absolute Gasteiger partial charge is 0.422 e. The van der Waals surface area contributed by atoms with Gasteiger partial charge >= 0.3 is 12.1 Å². The average Bonchev–Trinajstić information content (AvgIpc) is 2.77. The van der Waals surface area contributed by atoms with Gasteiger partial charge in [0.05, 0.1) is 10.0 Å². The van der Waals surface area contributed by atoms with Gasteiger partial charge in [0.15, 0.2) is 6.61 Å². The highest BCUT2D eigenvalue weighted by Gasteiger charge is 2.32. The third kappa shape index (κ3) is 3.53. The molecule has 2 rings (SSSR count). The molecule has 0 saturated heterocycles. The van der Waals surface area contributed by atoms with Crippen molar-refractivity contribution in [3.8, 4) is 11.3 Å². The molecule has 0 unspecified atom stereocenters. The molecule has 4 nitrogen and oxygen atoms in total. The summed E-state index contributed by atoms with van der Waals surface area (Å²) in [6, 6.07) is 4.57. The fourth-order valence-corrected chi connectivity index (χ4v) is 2.30. The number of benzene rings is 1. The third-order valence-electron chi connectivity index (χ3n) is 2.63. The summed E-state index contributed by atoms with van der Waals surface area (Å²) in [5.41, 5.74) is -0.138. The Morgan fingerprint density at radius 1 is 1.32 bits per heavy atom. The molecule has 0 spiro atoms. The van der Waals surface area contributed by atoms with E-state index in [0.717, 1.165) is 0 Å². The standard InChI is InChI=1S/C13H8Cl2F3NO3/c1-6-9(12(20)21-5-13(16,17)18)11(19-22-6)10-7(14)3-2-4-8(10)15/h2-4H,5H2,1H3. The summed E-state index contributed by atoms with van der Waals surface area (Å²) < 4.78 is 45.5. The van der Waals surface area contributed by atoms with Crippen molar-refractivity contribution in [3.05, 3.63) is 39.6 Å². The minimum Gasteiger partial charge on any atom is -0.452 e. The van der Waals surface area contributed by atoms with Crippen LogP contribution in [0.3, 0.4) is 0 Å². The summed E-state index contributed by atoms with van der Waals surface area (Å²) in [6.45, 7) is -0.350. The summed E-state index contributed by atoms with van der Waals surface area (Å²) in [6.07, 6.45) is -4.64. The number of rotatable bonds is 3. The van der Waals surface area contributed by atoms with Gasteiger partial charge in [0.2, 0.25) is 0 Å². The van der Waals surface area contributed by atoms with E-state index in [1.54, 1.807) is 6.07 Å². The summed E-state index contributed by atoms with van der Waals surface area (Å²) in [5.74, 6) is -1.22. The second kappa shape index (κ2) is 6.18. The van der Waals surface area contributed by atoms with Crippen molar-refractivity contribution in [2.24, 2.45) is 0 Å². The van der Waals surface area contributed by atoms with Gasteiger partial charge in [0.1, 0.15) is 17.0 Å². The first-order valence-corrected chi connectivity index (χ1v) is 6.61. The van der Waals surface area contributed by atoms with E-state index >= 15 is 0 Å². The first-order chi connectivity index (χ1) is 10.2. The van der Waals surface area contributed by atoms with E-state index in [1.165, 1.54) is 19.1 Å². The molecule has 0 aliphatic carbocycles. The van der Waals surface area contributed by atoms with E-state index in [-0.39, 0.29) is 32.6 Å². The third-order valence-corrected chi connectivity index (χ3v) is 3.26. The molecule has 0 radical (unpaired) electrons. The van der Waals surface area contributed by atoms with E-state index in [0.29, 0.717) is 0 Å². The maximum Gasteiger partial charge on any atom is 0.422 e. The van der Waals surface area contributed by atoms with Crippen LogP contribution in [0.25, 0.3) is 11.3 Å². The summed E-state index contributed by atoms with van der Waals surface area (Å²) >= 11 is 12.0. The number of halogens is 5. The molecule has 1 aromatic heterocycles. The minimum atomic E-state index is -4.64. The van der Waals surface area contributed by atoms with Crippen molar-refractivity contribution in [2.45, 2.75) is 13.1 Å². The molecule has 0 N–H and O–H groups in total. The van der Waals surface area contributed by atoms with Gasteiger partial charge in [-0.1, -0.05) is 34.4 Å². The molecule has 0 atom stereocenters. The molecule has 9 heteroatoms. The topological polar surface area (TPSA) is 52.3 Å². The van der Waals surface area contributed by atoms with Crippen molar-refractivity contribution < 1.29 is 27.2 Å². The molecule has 0 aliphatic rings. The molecule has 0 fully saturated rings. The maximum absolute atomic E-state index is 12.2. The Morgan fingerprint density at radius 3 is 2.45 bits per heavy atom. The number of esters is 1. The van der Waals surface area contributed by atoms with Crippen molar-refractivity contribution in [1.29, 1.82) is 0 Å². The second-order valence-corrected chi connectivity index (χ2v) is 5.06. The first-order valence-electron chi connectivity index (χ1n) is 5.85. The molecule has 1 aromatic carbocycles. The lowest BCUT2D eigenvalue weighted by molar-refractivity contribution is -0.161. The lowest BCUT2D eigenvalue weighted by Crippen LogP contribution is -2.20. The number of hydrogen-bond acceptors (Lipinski definition) is 4. The number of nitrogens with zero attached hydrogens (tertiary/aromatic N) is 1. The molecular formula is C13H8Cl2F3NO3. The Labute approximate surface area is 132 Å². The van der Waals surface area contributed by atoms with Crippen LogP contribution in [0.1, 0.15) is 16.1 Å². The maximum atomic E-state index is 12.2. The number of hydrogen-bond donors (Lipinski definition) is 0. The monoisotopic (exact) mass is 353 g/mol. The minimum absolute atomic E-state index is 0.00170. The van der Waals surface area contributed by atoms with Crippen LogP contribution in [0.15, 0.2) is 22.7 Å². The highest BCUT2D eigenvalue weighted by atomic mass is 35.5. The largest absolute Gasteiger partial charge is 0.452 e. The van der Waals surface area contributed by atoms with Crippen LogP contribution >= 0.6 is 23.2 Å². The fraction of sp³-hybridized carbons (Fsp3) is 0.231. The lowest BCUT2D eigenvalue weighted by atomic mass is 10.1. The van der Waals surface area contributed by atoms with Crippen molar-refractivity contribution >= 4 is 29.2 Å². The van der Waals surface area contributed by atoms with Crippen molar-refractivity contribution in [2.75, 3.05) is 6.61 Å². The zero-order chi connectivity index (χ0) is 16.5. The molecule has 0 aliphatic heterocycles.